The highest BCUT2D eigenvalue weighted by molar-refractivity contribution is 14.1. The molecule has 0 aromatic heterocycles. The number of likely N-dealkylation sites (tertiary alicyclic amines) is 1. The van der Waals surface area contributed by atoms with Crippen molar-refractivity contribution in [3.63, 3.8) is 0 Å². The Morgan fingerprint density at radius 1 is 1.62 bits per heavy atom. The maximum atomic E-state index is 11.3. The van der Waals surface area contributed by atoms with E-state index in [1.54, 1.807) is 0 Å². The van der Waals surface area contributed by atoms with Crippen molar-refractivity contribution < 1.29 is 4.79 Å². The number of rotatable bonds is 3. The van der Waals surface area contributed by atoms with Crippen molar-refractivity contribution in [3.8, 4) is 0 Å². The third-order valence-electron chi connectivity index (χ3n) is 3.11. The van der Waals surface area contributed by atoms with E-state index in [0.29, 0.717) is 15.7 Å². The molecule has 0 aliphatic carbocycles. The van der Waals surface area contributed by atoms with Gasteiger partial charge in [-0.25, -0.2) is 0 Å². The van der Waals surface area contributed by atoms with E-state index in [0.717, 1.165) is 6.42 Å². The van der Waals surface area contributed by atoms with E-state index in [-0.39, 0.29) is 6.04 Å². The Morgan fingerprint density at radius 3 is 2.62 bits per heavy atom. The van der Waals surface area contributed by atoms with Gasteiger partial charge in [-0.15, -0.1) is 0 Å². The number of carbonyl (C=O) groups excluding carboxylic acids is 1. The number of halogens is 1. The van der Waals surface area contributed by atoms with Gasteiger partial charge in [0.15, 0.2) is 0 Å². The molecule has 0 aromatic carbocycles. The quantitative estimate of drug-likeness (QED) is 0.589. The zero-order valence-corrected chi connectivity index (χ0v) is 10.7. The van der Waals surface area contributed by atoms with Crippen molar-refractivity contribution in [1.29, 1.82) is 0 Å². The second kappa shape index (κ2) is 4.73. The molecule has 1 heterocycles. The molecular weight excluding hydrogens is 277 g/mol. The summed E-state index contributed by atoms with van der Waals surface area (Å²) in [6.45, 7) is 4.47. The van der Waals surface area contributed by atoms with Crippen molar-refractivity contribution >= 4 is 26.4 Å². The van der Waals surface area contributed by atoms with Gasteiger partial charge in [-0.3, -0.25) is 9.69 Å². The molecule has 0 spiro atoms. The molecule has 0 unspecified atom stereocenters. The van der Waals surface area contributed by atoms with Gasteiger partial charge in [-0.05, 0) is 25.8 Å². The lowest BCUT2D eigenvalue weighted by Crippen LogP contribution is -2.36. The third-order valence-corrected chi connectivity index (χ3v) is 3.83. The van der Waals surface area contributed by atoms with E-state index >= 15 is 0 Å². The lowest BCUT2D eigenvalue weighted by Gasteiger charge is -2.24. The van der Waals surface area contributed by atoms with E-state index < -0.39 is 0 Å². The van der Waals surface area contributed by atoms with Crippen LogP contribution in [-0.2, 0) is 4.79 Å². The van der Waals surface area contributed by atoms with Gasteiger partial charge < -0.3 is 0 Å². The molecule has 1 fully saturated rings. The average Bonchev–Trinajstić information content (AvgIpc) is 2.32. The molecule has 1 aliphatic heterocycles. The van der Waals surface area contributed by atoms with Crippen molar-refractivity contribution in [3.05, 3.63) is 0 Å². The van der Waals surface area contributed by atoms with E-state index in [1.165, 1.54) is 12.8 Å². The Balaban J connectivity index is 2.63. The summed E-state index contributed by atoms with van der Waals surface area (Å²) in [5, 5.41) is 0. The van der Waals surface area contributed by atoms with Gasteiger partial charge in [-0.2, -0.15) is 0 Å². The van der Waals surface area contributed by atoms with Crippen molar-refractivity contribution in [1.82, 2.24) is 4.90 Å². The smallest absolute Gasteiger partial charge is 0.209 e. The summed E-state index contributed by atoms with van der Waals surface area (Å²) in [4.78, 5) is 13.6. The highest BCUT2D eigenvalue weighted by Crippen LogP contribution is 2.32. The van der Waals surface area contributed by atoms with Crippen LogP contribution in [0, 0.1) is 5.92 Å². The first-order valence-corrected chi connectivity index (χ1v) is 6.07. The van der Waals surface area contributed by atoms with Crippen LogP contribution in [0.3, 0.4) is 0 Å². The molecule has 13 heavy (non-hydrogen) atoms. The van der Waals surface area contributed by atoms with Crippen LogP contribution in [0.5, 0.6) is 0 Å². The largest absolute Gasteiger partial charge is 0.293 e. The van der Waals surface area contributed by atoms with Gasteiger partial charge >= 0.3 is 0 Å². The molecule has 3 atom stereocenters. The van der Waals surface area contributed by atoms with Crippen LogP contribution >= 0.6 is 22.6 Å². The molecule has 1 rings (SSSR count). The summed E-state index contributed by atoms with van der Waals surface area (Å²) < 4.78 is 0.297. The lowest BCUT2D eigenvalue weighted by molar-refractivity contribution is -0.113. The van der Waals surface area contributed by atoms with E-state index in [9.17, 15) is 4.79 Å². The molecule has 0 N–H and O–H groups in total. The van der Waals surface area contributed by atoms with E-state index in [4.69, 9.17) is 0 Å². The fourth-order valence-corrected chi connectivity index (χ4v) is 3.04. The Morgan fingerprint density at radius 2 is 2.23 bits per heavy atom. The second-order valence-electron chi connectivity index (χ2n) is 4.05. The fraction of sp³-hybridized carbons (Fsp3) is 0.900. The van der Waals surface area contributed by atoms with Gasteiger partial charge in [0.1, 0.15) is 0 Å². The van der Waals surface area contributed by atoms with Gasteiger partial charge in [-0.1, -0.05) is 20.3 Å². The first-order valence-electron chi connectivity index (χ1n) is 4.99. The molecule has 2 nitrogen and oxygen atoms in total. The summed E-state index contributed by atoms with van der Waals surface area (Å²) in [6, 6.07) is 0.792. The zero-order valence-electron chi connectivity index (χ0n) is 8.59. The molecule has 0 amide bonds. The predicted molar refractivity (Wildman–Crippen MR) is 63.1 cm³/mol. The molecular formula is C10H18INO. The summed E-state index contributed by atoms with van der Waals surface area (Å²) >= 11 is 1.93. The number of hydrogen-bond donors (Lipinski definition) is 0. The summed E-state index contributed by atoms with van der Waals surface area (Å²) in [7, 11) is 2.09. The molecule has 0 aromatic rings. The highest BCUT2D eigenvalue weighted by Gasteiger charge is 2.38. The molecule has 0 bridgehead atoms. The van der Waals surface area contributed by atoms with Gasteiger partial charge in [0.05, 0.1) is 6.04 Å². The molecule has 3 heteroatoms. The normalized spacial score (nSPS) is 35.2. The number of hydrogen-bond acceptors (Lipinski definition) is 2. The molecule has 76 valence electrons. The minimum atomic E-state index is 0.173. The standard InChI is InChI=1S/C10H18INO/c1-4-5-8-7(2)6-9(10(11)13)12(8)3/h7-9H,4-6H2,1-3H3/t7-,8-,9-/m0/s1. The fourth-order valence-electron chi connectivity index (χ4n) is 2.34. The van der Waals surface area contributed by atoms with Crippen LogP contribution in [0.25, 0.3) is 0 Å². The van der Waals surface area contributed by atoms with E-state index in [1.807, 2.05) is 22.6 Å². The van der Waals surface area contributed by atoms with Crippen LogP contribution in [-0.4, -0.2) is 27.8 Å². The van der Waals surface area contributed by atoms with Crippen LogP contribution in [0.2, 0.25) is 0 Å². The monoisotopic (exact) mass is 295 g/mol. The predicted octanol–water partition coefficient (Wildman–Crippen LogP) is 2.46. The minimum absolute atomic E-state index is 0.173. The Kier molecular flexibility index (Phi) is 4.16. The number of likely N-dealkylation sites (N-methyl/N-ethyl adjacent to an activating group) is 1. The molecule has 0 saturated carbocycles. The third kappa shape index (κ3) is 2.43. The Labute approximate surface area is 94.2 Å². The number of carbonyl (C=O) groups is 1. The summed E-state index contributed by atoms with van der Waals surface area (Å²) in [5.41, 5.74) is 0. The topological polar surface area (TPSA) is 20.3 Å². The Hall–Kier alpha value is 0.360. The van der Waals surface area contributed by atoms with Crippen molar-refractivity contribution in [2.24, 2.45) is 5.92 Å². The van der Waals surface area contributed by atoms with Gasteiger partial charge in [0.2, 0.25) is 3.79 Å². The number of nitrogens with zero attached hydrogens (tertiary/aromatic N) is 1. The maximum Gasteiger partial charge on any atom is 0.209 e. The first kappa shape index (κ1) is 11.4. The summed E-state index contributed by atoms with van der Waals surface area (Å²) in [5.74, 6) is 0.675. The minimum Gasteiger partial charge on any atom is -0.293 e. The lowest BCUT2D eigenvalue weighted by atomic mass is 9.98. The molecule has 1 saturated heterocycles. The van der Waals surface area contributed by atoms with Crippen molar-refractivity contribution in [2.45, 2.75) is 45.2 Å². The second-order valence-corrected chi connectivity index (χ2v) is 5.12. The molecule has 1 aliphatic rings. The van der Waals surface area contributed by atoms with Crippen LogP contribution in [0.1, 0.15) is 33.1 Å². The highest BCUT2D eigenvalue weighted by atomic mass is 127. The Bertz CT molecular complexity index is 195. The van der Waals surface area contributed by atoms with E-state index in [2.05, 4.69) is 25.8 Å². The zero-order chi connectivity index (χ0) is 10.0. The summed E-state index contributed by atoms with van der Waals surface area (Å²) in [6.07, 6.45) is 3.47. The van der Waals surface area contributed by atoms with Gasteiger partial charge in [0.25, 0.3) is 0 Å². The first-order chi connectivity index (χ1) is 6.07. The average molecular weight is 295 g/mol. The van der Waals surface area contributed by atoms with Crippen LogP contribution in [0.15, 0.2) is 0 Å². The van der Waals surface area contributed by atoms with Crippen LogP contribution < -0.4 is 0 Å². The molecule has 0 radical (unpaired) electrons. The van der Waals surface area contributed by atoms with Crippen LogP contribution in [0.4, 0.5) is 0 Å². The SMILES string of the molecule is CCC[C@H]1[C@@H](C)C[C@@H](C(=O)I)N1C. The van der Waals surface area contributed by atoms with Gasteiger partial charge in [0, 0.05) is 28.6 Å². The van der Waals surface area contributed by atoms with Crippen molar-refractivity contribution in [2.75, 3.05) is 7.05 Å². The maximum absolute atomic E-state index is 11.3.